The van der Waals surface area contributed by atoms with Crippen molar-refractivity contribution in [3.63, 3.8) is 0 Å². The number of nitrogens with zero attached hydrogens (tertiary/aromatic N) is 1. The van der Waals surface area contributed by atoms with E-state index in [0.717, 1.165) is 18.2 Å². The molecule has 0 saturated carbocycles. The molecule has 1 aliphatic rings. The lowest BCUT2D eigenvalue weighted by molar-refractivity contribution is -0.165. The van der Waals surface area contributed by atoms with E-state index in [9.17, 15) is 34.1 Å². The fourth-order valence-electron chi connectivity index (χ4n) is 4.41. The van der Waals surface area contributed by atoms with Crippen LogP contribution in [-0.2, 0) is 9.59 Å². The van der Waals surface area contributed by atoms with Crippen LogP contribution in [0.2, 0.25) is 10.0 Å². The summed E-state index contributed by atoms with van der Waals surface area (Å²) in [7, 11) is 1.85. The van der Waals surface area contributed by atoms with Gasteiger partial charge in [-0.05, 0) is 32.1 Å². The number of aliphatic hydroxyl groups excluding tert-OH is 3. The molecule has 7 N–H and O–H groups in total. The Labute approximate surface area is 234 Å². The van der Waals surface area contributed by atoms with Crippen LogP contribution in [-0.4, -0.2) is 91.0 Å². The molecular weight excluding hydrogens is 580 g/mol. The van der Waals surface area contributed by atoms with E-state index >= 15 is 0 Å². The van der Waals surface area contributed by atoms with Crippen molar-refractivity contribution in [2.75, 3.05) is 20.2 Å². The zero-order chi connectivity index (χ0) is 30.0. The Morgan fingerprint density at radius 1 is 1.05 bits per heavy atom. The third-order valence-corrected chi connectivity index (χ3v) is 7.06. The first-order valence-corrected chi connectivity index (χ1v) is 12.3. The van der Waals surface area contributed by atoms with Crippen molar-refractivity contribution in [3.05, 3.63) is 55.9 Å². The third-order valence-electron chi connectivity index (χ3n) is 6.46. The Balaban J connectivity index is 0.000000378. The monoisotopic (exact) mass is 603 g/mol. The first-order chi connectivity index (χ1) is 18.7. The zero-order valence-corrected chi connectivity index (χ0v) is 22.1. The number of hydrogen-bond acceptors (Lipinski definition) is 10. The highest BCUT2D eigenvalue weighted by Crippen LogP contribution is 2.44. The summed E-state index contributed by atoms with van der Waals surface area (Å²) < 4.78 is 20.0. The molecule has 2 aromatic carbocycles. The Kier molecular flexibility index (Phi) is 9.61. The van der Waals surface area contributed by atoms with E-state index in [2.05, 4.69) is 0 Å². The molecule has 1 aromatic heterocycles. The summed E-state index contributed by atoms with van der Waals surface area (Å²) in [5.74, 6) is -5.36. The largest absolute Gasteiger partial charge is 0.507 e. The molecular formula is C25H24Cl2FNO11. The first-order valence-electron chi connectivity index (χ1n) is 11.5. The van der Waals surface area contributed by atoms with Crippen LogP contribution in [0.3, 0.4) is 0 Å². The average Bonchev–Trinajstić information content (AvgIpc) is 3.24. The fourth-order valence-corrected chi connectivity index (χ4v) is 4.88. The van der Waals surface area contributed by atoms with Gasteiger partial charge >= 0.3 is 11.9 Å². The summed E-state index contributed by atoms with van der Waals surface area (Å²) in [6.07, 6.45) is -3.94. The molecule has 4 rings (SSSR count). The summed E-state index contributed by atoms with van der Waals surface area (Å²) in [5, 5.41) is 63.0. The van der Waals surface area contributed by atoms with Gasteiger partial charge in [0.15, 0.2) is 17.6 Å². The Morgan fingerprint density at radius 2 is 1.65 bits per heavy atom. The van der Waals surface area contributed by atoms with Crippen LogP contribution < -0.4 is 5.43 Å². The SMILES string of the molecule is CN1CC[C@@H](c2c(O)cc(O)c3c(=O)cc(-c4cc(F)c(Cl)cc4Cl)oc23)[C@@H]1CO.O=C(O)C(O)C(O)C(=O)O. The Bertz CT molecular complexity index is 1490. The number of fused-ring (bicyclic) bond motifs is 1. The van der Waals surface area contributed by atoms with Gasteiger partial charge in [-0.15, -0.1) is 0 Å². The van der Waals surface area contributed by atoms with Gasteiger partial charge < -0.3 is 45.1 Å². The molecule has 0 aliphatic carbocycles. The number of phenolic OH excluding ortho intramolecular Hbond substituents is 2. The quantitative estimate of drug-likeness (QED) is 0.202. The lowest BCUT2D eigenvalue weighted by atomic mass is 9.89. The molecule has 12 nitrogen and oxygen atoms in total. The maximum atomic E-state index is 14.0. The molecule has 1 saturated heterocycles. The van der Waals surface area contributed by atoms with Crippen LogP contribution in [0.1, 0.15) is 17.9 Å². The van der Waals surface area contributed by atoms with E-state index in [0.29, 0.717) is 18.5 Å². The number of phenols is 2. The van der Waals surface area contributed by atoms with Crippen LogP contribution in [0, 0.1) is 5.82 Å². The Morgan fingerprint density at radius 3 is 2.20 bits per heavy atom. The predicted octanol–water partition coefficient (Wildman–Crippen LogP) is 1.97. The zero-order valence-electron chi connectivity index (χ0n) is 20.6. The number of carboxylic acids is 2. The van der Waals surface area contributed by atoms with Crippen LogP contribution in [0.25, 0.3) is 22.3 Å². The average molecular weight is 604 g/mol. The maximum absolute atomic E-state index is 14.0. The van der Waals surface area contributed by atoms with E-state index in [1.54, 1.807) is 0 Å². The number of carbonyl (C=O) groups is 2. The topological polar surface area (TPSA) is 209 Å². The second-order valence-corrected chi connectivity index (χ2v) is 9.76. The van der Waals surface area contributed by atoms with Gasteiger partial charge in [-0.1, -0.05) is 23.2 Å². The van der Waals surface area contributed by atoms with Crippen molar-refractivity contribution < 1.29 is 54.1 Å². The number of aliphatic carboxylic acids is 2. The fraction of sp³-hybridized carbons (Fsp3) is 0.320. The van der Waals surface area contributed by atoms with E-state index < -0.39 is 41.1 Å². The third kappa shape index (κ3) is 6.14. The normalized spacial score (nSPS) is 18.7. The lowest BCUT2D eigenvalue weighted by Crippen LogP contribution is -2.39. The molecule has 0 radical (unpaired) electrons. The van der Waals surface area contributed by atoms with Crippen molar-refractivity contribution in [1.29, 1.82) is 0 Å². The minimum Gasteiger partial charge on any atom is -0.507 e. The minimum absolute atomic E-state index is 0.0276. The van der Waals surface area contributed by atoms with Gasteiger partial charge in [-0.3, -0.25) is 4.79 Å². The molecule has 216 valence electrons. The van der Waals surface area contributed by atoms with Crippen molar-refractivity contribution in [2.24, 2.45) is 0 Å². The maximum Gasteiger partial charge on any atom is 0.335 e. The number of benzene rings is 2. The summed E-state index contributed by atoms with van der Waals surface area (Å²) in [4.78, 5) is 34.3. The van der Waals surface area contributed by atoms with Gasteiger partial charge in [-0.25, -0.2) is 14.0 Å². The highest BCUT2D eigenvalue weighted by atomic mass is 35.5. The summed E-state index contributed by atoms with van der Waals surface area (Å²) in [5.41, 5.74) is -0.201. The van der Waals surface area contributed by atoms with Crippen LogP contribution in [0.15, 0.2) is 33.5 Å². The number of carboxylic acid groups (broad SMARTS) is 2. The van der Waals surface area contributed by atoms with Gasteiger partial charge in [0.25, 0.3) is 0 Å². The molecule has 40 heavy (non-hydrogen) atoms. The van der Waals surface area contributed by atoms with Crippen molar-refractivity contribution >= 4 is 46.1 Å². The van der Waals surface area contributed by atoms with E-state index in [4.69, 9.17) is 48.0 Å². The van der Waals surface area contributed by atoms with Gasteiger partial charge in [0, 0.05) is 35.2 Å². The number of likely N-dealkylation sites (tertiary alicyclic amines) is 1. The smallest absolute Gasteiger partial charge is 0.335 e. The molecule has 15 heteroatoms. The number of likely N-dealkylation sites (N-methyl/N-ethyl adjacent to an activating group) is 1. The lowest BCUT2D eigenvalue weighted by Gasteiger charge is -2.24. The van der Waals surface area contributed by atoms with E-state index in [1.165, 1.54) is 6.07 Å². The summed E-state index contributed by atoms with van der Waals surface area (Å²) in [6, 6.07) is 4.13. The molecule has 1 aliphatic heterocycles. The Hall–Kier alpha value is -3.46. The molecule has 0 bridgehead atoms. The number of hydrogen-bond donors (Lipinski definition) is 7. The minimum atomic E-state index is -2.27. The van der Waals surface area contributed by atoms with Crippen molar-refractivity contribution in [2.45, 2.75) is 30.6 Å². The van der Waals surface area contributed by atoms with Gasteiger partial charge in [0.1, 0.15) is 34.0 Å². The number of aliphatic hydroxyl groups is 3. The number of aromatic hydroxyl groups is 2. The predicted molar refractivity (Wildman–Crippen MR) is 139 cm³/mol. The summed E-state index contributed by atoms with van der Waals surface area (Å²) >= 11 is 11.9. The molecule has 4 atom stereocenters. The molecule has 0 amide bonds. The van der Waals surface area contributed by atoms with Gasteiger partial charge in [0.2, 0.25) is 0 Å². The molecule has 2 heterocycles. The molecule has 2 unspecified atom stereocenters. The second-order valence-electron chi connectivity index (χ2n) is 8.95. The highest BCUT2D eigenvalue weighted by molar-refractivity contribution is 6.36. The first kappa shape index (κ1) is 31.1. The number of rotatable bonds is 6. The summed E-state index contributed by atoms with van der Waals surface area (Å²) in [6.45, 7) is 0.497. The van der Waals surface area contributed by atoms with Gasteiger partial charge in [-0.2, -0.15) is 0 Å². The van der Waals surface area contributed by atoms with Crippen LogP contribution in [0.5, 0.6) is 11.5 Å². The van der Waals surface area contributed by atoms with Crippen LogP contribution in [0.4, 0.5) is 4.39 Å². The van der Waals surface area contributed by atoms with E-state index in [-0.39, 0.29) is 56.7 Å². The van der Waals surface area contributed by atoms with Gasteiger partial charge in [0.05, 0.1) is 16.7 Å². The molecule has 3 aromatic rings. The standard InChI is InChI=1S/C21H18Cl2FNO5.C4H6O6/c1-25-3-2-9(14(25)8-26)19-15(27)6-16(28)20-17(29)7-18(30-21(19)20)10-4-13(24)12(23)5-11(10)22;5-1(3(7)8)2(6)4(9)10/h4-7,9,14,26-28H,2-3,8H2,1H3;1-2,5-6H,(H,7,8)(H,9,10)/t9-,14+;/m1./s1. The molecule has 1 fully saturated rings. The molecule has 0 spiro atoms. The second kappa shape index (κ2) is 12.4. The van der Waals surface area contributed by atoms with Crippen LogP contribution >= 0.6 is 23.2 Å². The van der Waals surface area contributed by atoms with E-state index in [1.807, 2.05) is 11.9 Å². The highest BCUT2D eigenvalue weighted by Gasteiger charge is 2.37. The van der Waals surface area contributed by atoms with Crippen molar-refractivity contribution in [1.82, 2.24) is 4.90 Å². The number of halogens is 3. The van der Waals surface area contributed by atoms with Crippen molar-refractivity contribution in [3.8, 4) is 22.8 Å².